The van der Waals surface area contributed by atoms with Crippen molar-refractivity contribution in [3.8, 4) is 5.75 Å². The molecule has 32 heavy (non-hydrogen) atoms. The summed E-state index contributed by atoms with van der Waals surface area (Å²) in [5.41, 5.74) is 2.63. The van der Waals surface area contributed by atoms with Crippen molar-refractivity contribution in [3.63, 3.8) is 0 Å². The molecule has 0 spiro atoms. The van der Waals surface area contributed by atoms with E-state index >= 15 is 0 Å². The van der Waals surface area contributed by atoms with Crippen LogP contribution in [-0.4, -0.2) is 28.7 Å². The van der Waals surface area contributed by atoms with Crippen LogP contribution in [0.5, 0.6) is 5.75 Å². The summed E-state index contributed by atoms with van der Waals surface area (Å²) in [5.74, 6) is 0.954. The fourth-order valence-electron chi connectivity index (χ4n) is 3.22. The lowest BCUT2D eigenvalue weighted by atomic mass is 10.2. The quantitative estimate of drug-likeness (QED) is 0.304. The topological polar surface area (TPSA) is 55.3 Å². The summed E-state index contributed by atoms with van der Waals surface area (Å²) in [6.07, 6.45) is 2.04. The van der Waals surface area contributed by atoms with Gasteiger partial charge >= 0.3 is 0 Å². The zero-order valence-corrected chi connectivity index (χ0v) is 19.4. The largest absolute Gasteiger partial charge is 0.494 e. The zero-order valence-electron chi connectivity index (χ0n) is 17.7. The van der Waals surface area contributed by atoms with Gasteiger partial charge in [0.05, 0.1) is 24.0 Å². The first-order valence-corrected chi connectivity index (χ1v) is 11.9. The number of aryl methyl sites for hydroxylation is 1. The van der Waals surface area contributed by atoms with Crippen LogP contribution in [0.15, 0.2) is 65.7 Å². The van der Waals surface area contributed by atoms with E-state index in [4.69, 9.17) is 9.72 Å². The number of benzene rings is 2. The van der Waals surface area contributed by atoms with Gasteiger partial charge in [-0.05, 0) is 55.0 Å². The molecule has 2 heterocycles. The predicted molar refractivity (Wildman–Crippen MR) is 128 cm³/mol. The molecule has 0 saturated carbocycles. The number of halogens is 1. The van der Waals surface area contributed by atoms with Crippen LogP contribution in [0.4, 0.5) is 9.52 Å². The van der Waals surface area contributed by atoms with Crippen molar-refractivity contribution in [2.45, 2.75) is 24.8 Å². The fourth-order valence-corrected chi connectivity index (χ4v) is 5.13. The maximum absolute atomic E-state index is 13.3. The summed E-state index contributed by atoms with van der Waals surface area (Å²) >= 11 is 3.00. The summed E-state index contributed by atoms with van der Waals surface area (Å²) in [6.45, 7) is 2.36. The molecule has 0 saturated heterocycles. The van der Waals surface area contributed by atoms with Gasteiger partial charge in [0, 0.05) is 23.3 Å². The lowest BCUT2D eigenvalue weighted by Gasteiger charge is -2.19. The zero-order chi connectivity index (χ0) is 22.5. The Kier molecular flexibility index (Phi) is 7.02. The number of carbonyl (C=O) groups is 1. The second-order valence-electron chi connectivity index (χ2n) is 7.11. The Balaban J connectivity index is 1.58. The molecular weight excluding hydrogens is 445 g/mol. The van der Waals surface area contributed by atoms with E-state index in [2.05, 4.69) is 4.98 Å². The van der Waals surface area contributed by atoms with Gasteiger partial charge < -0.3 is 4.74 Å². The number of fused-ring (bicyclic) bond motifs is 1. The number of ether oxygens (including phenoxy) is 1. The minimum absolute atomic E-state index is 0.0408. The molecule has 0 bridgehead atoms. The number of hydrogen-bond donors (Lipinski definition) is 0. The Hall–Kier alpha value is -2.97. The van der Waals surface area contributed by atoms with Crippen molar-refractivity contribution in [3.05, 3.63) is 77.9 Å². The normalized spacial score (nSPS) is 11.0. The van der Waals surface area contributed by atoms with Crippen molar-refractivity contribution >= 4 is 44.4 Å². The standard InChI is InChI=1S/C24H22FN3O2S2/c1-16-6-11-20(30-2)22-23(16)32-24(27-22)28(15-18-5-3-4-13-26-18)21(29)12-14-31-19-9-7-17(25)8-10-19/h3-11,13H,12,14-15H2,1-2H3. The number of pyridine rings is 1. The Morgan fingerprint density at radius 3 is 2.69 bits per heavy atom. The lowest BCUT2D eigenvalue weighted by molar-refractivity contribution is -0.118. The minimum atomic E-state index is -0.270. The molecule has 0 aliphatic carbocycles. The van der Waals surface area contributed by atoms with Crippen molar-refractivity contribution < 1.29 is 13.9 Å². The molecule has 0 radical (unpaired) electrons. The van der Waals surface area contributed by atoms with Gasteiger partial charge in [-0.15, -0.1) is 11.8 Å². The maximum Gasteiger partial charge on any atom is 0.229 e. The van der Waals surface area contributed by atoms with Gasteiger partial charge in [-0.2, -0.15) is 0 Å². The summed E-state index contributed by atoms with van der Waals surface area (Å²) in [7, 11) is 1.62. The summed E-state index contributed by atoms with van der Waals surface area (Å²) in [6, 6.07) is 15.8. The van der Waals surface area contributed by atoms with Crippen LogP contribution in [0.2, 0.25) is 0 Å². The highest BCUT2D eigenvalue weighted by Gasteiger charge is 2.22. The molecule has 164 valence electrons. The third-order valence-corrected chi connectivity index (χ3v) is 7.12. The second-order valence-corrected chi connectivity index (χ2v) is 9.26. The van der Waals surface area contributed by atoms with E-state index in [1.165, 1.54) is 35.2 Å². The number of methoxy groups -OCH3 is 1. The number of thiazole rings is 1. The number of rotatable bonds is 8. The van der Waals surface area contributed by atoms with E-state index in [0.29, 0.717) is 29.6 Å². The van der Waals surface area contributed by atoms with Crippen LogP contribution >= 0.6 is 23.1 Å². The number of nitrogens with zero attached hydrogens (tertiary/aromatic N) is 3. The first-order chi connectivity index (χ1) is 15.5. The van der Waals surface area contributed by atoms with Gasteiger partial charge in [-0.3, -0.25) is 14.7 Å². The summed E-state index contributed by atoms with van der Waals surface area (Å²) < 4.78 is 19.6. The molecule has 0 N–H and O–H groups in total. The molecule has 4 aromatic rings. The van der Waals surface area contributed by atoms with Gasteiger partial charge in [0.15, 0.2) is 5.13 Å². The summed E-state index contributed by atoms with van der Waals surface area (Å²) in [4.78, 5) is 25.0. The third-order valence-electron chi connectivity index (χ3n) is 4.89. The molecule has 2 aromatic heterocycles. The van der Waals surface area contributed by atoms with Crippen molar-refractivity contribution in [2.75, 3.05) is 17.8 Å². The average molecular weight is 468 g/mol. The van der Waals surface area contributed by atoms with Gasteiger partial charge in [-0.25, -0.2) is 9.37 Å². The SMILES string of the molecule is COc1ccc(C)c2sc(N(Cc3ccccn3)C(=O)CCSc3ccc(F)cc3)nc12. The Morgan fingerprint density at radius 2 is 1.97 bits per heavy atom. The highest BCUT2D eigenvalue weighted by molar-refractivity contribution is 7.99. The fraction of sp³-hybridized carbons (Fsp3) is 0.208. The highest BCUT2D eigenvalue weighted by atomic mass is 32.2. The van der Waals surface area contributed by atoms with E-state index in [1.54, 1.807) is 30.3 Å². The Bertz CT molecular complexity index is 1210. The number of thioether (sulfide) groups is 1. The van der Waals surface area contributed by atoms with E-state index in [9.17, 15) is 9.18 Å². The van der Waals surface area contributed by atoms with E-state index in [1.807, 2.05) is 37.3 Å². The van der Waals surface area contributed by atoms with Crippen molar-refractivity contribution in [2.24, 2.45) is 0 Å². The predicted octanol–water partition coefficient (Wildman–Crippen LogP) is 5.86. The molecule has 2 aromatic carbocycles. The Morgan fingerprint density at radius 1 is 1.16 bits per heavy atom. The van der Waals surface area contributed by atoms with E-state index < -0.39 is 0 Å². The average Bonchev–Trinajstić information content (AvgIpc) is 3.26. The molecule has 4 rings (SSSR count). The highest BCUT2D eigenvalue weighted by Crippen LogP contribution is 2.37. The van der Waals surface area contributed by atoms with Gasteiger partial charge in [0.1, 0.15) is 17.1 Å². The van der Waals surface area contributed by atoms with Crippen LogP contribution < -0.4 is 9.64 Å². The molecule has 0 fully saturated rings. The molecule has 0 atom stereocenters. The molecule has 0 aliphatic heterocycles. The van der Waals surface area contributed by atoms with E-state index in [0.717, 1.165) is 26.4 Å². The number of carbonyl (C=O) groups excluding carboxylic acids is 1. The van der Waals surface area contributed by atoms with Crippen LogP contribution in [0.3, 0.4) is 0 Å². The van der Waals surface area contributed by atoms with Crippen LogP contribution in [0.25, 0.3) is 10.2 Å². The van der Waals surface area contributed by atoms with Crippen LogP contribution in [-0.2, 0) is 11.3 Å². The number of hydrogen-bond acceptors (Lipinski definition) is 6. The first-order valence-electron chi connectivity index (χ1n) is 10.1. The Labute approximate surface area is 194 Å². The lowest BCUT2D eigenvalue weighted by Crippen LogP contribution is -2.30. The smallest absolute Gasteiger partial charge is 0.229 e. The third kappa shape index (κ3) is 5.08. The summed E-state index contributed by atoms with van der Waals surface area (Å²) in [5, 5.41) is 0.620. The molecule has 5 nitrogen and oxygen atoms in total. The van der Waals surface area contributed by atoms with Gasteiger partial charge in [0.2, 0.25) is 5.91 Å². The van der Waals surface area contributed by atoms with Crippen LogP contribution in [0.1, 0.15) is 17.7 Å². The molecule has 0 aliphatic rings. The van der Waals surface area contributed by atoms with Crippen molar-refractivity contribution in [1.29, 1.82) is 0 Å². The molecular formula is C24H22FN3O2S2. The maximum atomic E-state index is 13.3. The molecule has 0 unspecified atom stereocenters. The van der Waals surface area contributed by atoms with E-state index in [-0.39, 0.29) is 11.7 Å². The molecule has 8 heteroatoms. The number of amides is 1. The first kappa shape index (κ1) is 22.2. The van der Waals surface area contributed by atoms with Gasteiger partial charge in [0.25, 0.3) is 0 Å². The molecule has 1 amide bonds. The second kappa shape index (κ2) is 10.1. The minimum Gasteiger partial charge on any atom is -0.494 e. The van der Waals surface area contributed by atoms with Crippen molar-refractivity contribution in [1.82, 2.24) is 9.97 Å². The monoisotopic (exact) mass is 467 g/mol. The number of anilines is 1. The van der Waals surface area contributed by atoms with Gasteiger partial charge in [-0.1, -0.05) is 23.5 Å². The van der Waals surface area contributed by atoms with Crippen LogP contribution in [0, 0.1) is 12.7 Å². The number of aromatic nitrogens is 2.